The normalized spacial score (nSPS) is 12.6. The fourth-order valence-electron chi connectivity index (χ4n) is 2.39. The molecule has 1 aromatic rings. The van der Waals surface area contributed by atoms with Crippen molar-refractivity contribution in [2.24, 2.45) is 0 Å². The average Bonchev–Trinajstić information content (AvgIpc) is 2.46. The Morgan fingerprint density at radius 1 is 1.40 bits per heavy atom. The van der Waals surface area contributed by atoms with E-state index in [9.17, 15) is 24.2 Å². The van der Waals surface area contributed by atoms with E-state index in [0.29, 0.717) is 0 Å². The number of amides is 1. The Morgan fingerprint density at radius 3 is 2.36 bits per heavy atom. The summed E-state index contributed by atoms with van der Waals surface area (Å²) in [6, 6.07) is 1.14. The molecule has 0 aromatic heterocycles. The zero-order valence-corrected chi connectivity index (χ0v) is 15.6. The lowest BCUT2D eigenvalue weighted by atomic mass is 9.99. The van der Waals surface area contributed by atoms with Gasteiger partial charge in [-0.1, -0.05) is 11.6 Å². The van der Waals surface area contributed by atoms with Crippen LogP contribution in [0.2, 0.25) is 5.02 Å². The van der Waals surface area contributed by atoms with Crippen molar-refractivity contribution in [3.8, 4) is 5.75 Å². The molecule has 0 radical (unpaired) electrons. The Balaban J connectivity index is 3.48. The minimum absolute atomic E-state index is 0.0277. The second-order valence-electron chi connectivity index (χ2n) is 6.53. The summed E-state index contributed by atoms with van der Waals surface area (Å²) >= 11 is 5.84. The van der Waals surface area contributed by atoms with Gasteiger partial charge in [-0.2, -0.15) is 0 Å². The van der Waals surface area contributed by atoms with Crippen LogP contribution in [0, 0.1) is 5.82 Å². The Hall–Kier alpha value is -1.86. The van der Waals surface area contributed by atoms with Crippen LogP contribution in [0.15, 0.2) is 6.07 Å². The highest BCUT2D eigenvalue weighted by Crippen LogP contribution is 2.37. The number of nitrogens with zero attached hydrogens (tertiary/aromatic N) is 1. The molecule has 1 unspecified atom stereocenters. The molecular formula is C17H23ClFNO5. The number of halogens is 2. The molecular weight excluding hydrogens is 353 g/mol. The number of carboxylic acid groups (broad SMARTS) is 1. The third-order valence-electron chi connectivity index (χ3n) is 3.60. The van der Waals surface area contributed by atoms with Crippen molar-refractivity contribution >= 4 is 23.5 Å². The Labute approximate surface area is 151 Å². The first-order valence-corrected chi connectivity index (χ1v) is 8.13. The molecule has 0 bridgehead atoms. The van der Waals surface area contributed by atoms with Gasteiger partial charge in [0.2, 0.25) is 0 Å². The highest BCUT2D eigenvalue weighted by Gasteiger charge is 2.32. The van der Waals surface area contributed by atoms with Crippen LogP contribution >= 0.6 is 11.6 Å². The predicted octanol–water partition coefficient (Wildman–Crippen LogP) is 3.89. The number of carbonyl (C=O) groups is 2. The third-order valence-corrected chi connectivity index (χ3v) is 3.88. The molecule has 0 aliphatic carbocycles. The molecule has 0 fully saturated rings. The van der Waals surface area contributed by atoms with E-state index >= 15 is 0 Å². The molecule has 8 heteroatoms. The van der Waals surface area contributed by atoms with Crippen molar-refractivity contribution in [1.29, 1.82) is 0 Å². The summed E-state index contributed by atoms with van der Waals surface area (Å²) in [6.45, 7) is 7.56. The summed E-state index contributed by atoms with van der Waals surface area (Å²) in [4.78, 5) is 24.3. The van der Waals surface area contributed by atoms with Gasteiger partial charge in [-0.05, 0) is 40.7 Å². The maximum Gasteiger partial charge on any atom is 0.407 e. The number of benzene rings is 1. The SMILES string of the molecule is CCOc1c(C(C)=O)cc(Cl)c(F)c1C(O)CN(C(=O)O)C(C)(C)C. The van der Waals surface area contributed by atoms with E-state index in [1.54, 1.807) is 27.7 Å². The first-order chi connectivity index (χ1) is 11.4. The van der Waals surface area contributed by atoms with Gasteiger partial charge in [0.05, 0.1) is 29.3 Å². The number of ether oxygens (including phenoxy) is 1. The summed E-state index contributed by atoms with van der Waals surface area (Å²) in [7, 11) is 0. The quantitative estimate of drug-likeness (QED) is 0.736. The number of aliphatic hydroxyl groups is 1. The highest BCUT2D eigenvalue weighted by molar-refractivity contribution is 6.31. The number of carbonyl (C=O) groups excluding carboxylic acids is 1. The van der Waals surface area contributed by atoms with Crippen LogP contribution in [0.25, 0.3) is 0 Å². The summed E-state index contributed by atoms with van der Waals surface area (Å²) in [5, 5.41) is 19.5. The molecule has 0 aliphatic rings. The summed E-state index contributed by atoms with van der Waals surface area (Å²) in [5.41, 5.74) is -1.12. The largest absolute Gasteiger partial charge is 0.493 e. The van der Waals surface area contributed by atoms with Crippen molar-refractivity contribution < 1.29 is 28.9 Å². The molecule has 0 spiro atoms. The second-order valence-corrected chi connectivity index (χ2v) is 6.94. The van der Waals surface area contributed by atoms with Gasteiger partial charge < -0.3 is 19.8 Å². The zero-order chi connectivity index (χ0) is 19.5. The van der Waals surface area contributed by atoms with Crippen molar-refractivity contribution in [1.82, 2.24) is 4.90 Å². The Bertz CT molecular complexity index is 672. The first kappa shape index (κ1) is 21.2. The monoisotopic (exact) mass is 375 g/mol. The van der Waals surface area contributed by atoms with E-state index in [1.165, 1.54) is 6.92 Å². The van der Waals surface area contributed by atoms with E-state index in [0.717, 1.165) is 11.0 Å². The number of rotatable bonds is 6. The summed E-state index contributed by atoms with van der Waals surface area (Å²) in [5.74, 6) is -1.48. The molecule has 140 valence electrons. The molecule has 2 N–H and O–H groups in total. The predicted molar refractivity (Wildman–Crippen MR) is 92.0 cm³/mol. The zero-order valence-electron chi connectivity index (χ0n) is 14.9. The number of aliphatic hydroxyl groups excluding tert-OH is 1. The maximum absolute atomic E-state index is 14.6. The Kier molecular flexibility index (Phi) is 6.79. The van der Waals surface area contributed by atoms with Gasteiger partial charge in [-0.15, -0.1) is 0 Å². The van der Waals surface area contributed by atoms with Crippen LogP contribution in [0.5, 0.6) is 5.75 Å². The first-order valence-electron chi connectivity index (χ1n) is 7.76. The van der Waals surface area contributed by atoms with Crippen LogP contribution in [-0.2, 0) is 0 Å². The van der Waals surface area contributed by atoms with Crippen LogP contribution in [-0.4, -0.2) is 45.7 Å². The van der Waals surface area contributed by atoms with Gasteiger partial charge in [-0.25, -0.2) is 9.18 Å². The smallest absolute Gasteiger partial charge is 0.407 e. The van der Waals surface area contributed by atoms with E-state index in [4.69, 9.17) is 16.3 Å². The van der Waals surface area contributed by atoms with Gasteiger partial charge in [-0.3, -0.25) is 4.79 Å². The fraction of sp³-hybridized carbons (Fsp3) is 0.529. The molecule has 0 saturated heterocycles. The minimum atomic E-state index is -1.56. The molecule has 1 atom stereocenters. The van der Waals surface area contributed by atoms with E-state index in [-0.39, 0.29) is 28.5 Å². The van der Waals surface area contributed by atoms with Gasteiger partial charge in [0.25, 0.3) is 0 Å². The molecule has 1 amide bonds. The lowest BCUT2D eigenvalue weighted by Gasteiger charge is -2.35. The molecule has 25 heavy (non-hydrogen) atoms. The topological polar surface area (TPSA) is 87.1 Å². The van der Waals surface area contributed by atoms with E-state index < -0.39 is 35.9 Å². The number of ketones is 1. The van der Waals surface area contributed by atoms with Crippen molar-refractivity contribution in [3.63, 3.8) is 0 Å². The van der Waals surface area contributed by atoms with E-state index in [2.05, 4.69) is 0 Å². The van der Waals surface area contributed by atoms with Crippen LogP contribution in [0.3, 0.4) is 0 Å². The minimum Gasteiger partial charge on any atom is -0.493 e. The number of hydrogen-bond donors (Lipinski definition) is 2. The van der Waals surface area contributed by atoms with Gasteiger partial charge in [0.1, 0.15) is 11.9 Å². The molecule has 1 aromatic carbocycles. The van der Waals surface area contributed by atoms with Crippen molar-refractivity contribution in [2.75, 3.05) is 13.2 Å². The third kappa shape index (κ3) is 4.83. The molecule has 0 aliphatic heterocycles. The van der Waals surface area contributed by atoms with Crippen LogP contribution in [0.1, 0.15) is 56.6 Å². The van der Waals surface area contributed by atoms with Gasteiger partial charge >= 0.3 is 6.09 Å². The number of hydrogen-bond acceptors (Lipinski definition) is 4. The fourth-order valence-corrected chi connectivity index (χ4v) is 2.60. The molecule has 0 saturated carbocycles. The lowest BCUT2D eigenvalue weighted by Crippen LogP contribution is -2.47. The molecule has 1 rings (SSSR count). The lowest BCUT2D eigenvalue weighted by molar-refractivity contribution is 0.0530. The van der Waals surface area contributed by atoms with Crippen LogP contribution in [0.4, 0.5) is 9.18 Å². The second kappa shape index (κ2) is 8.01. The number of β-amino-alcohol motifs (C(OH)–C–C–N with tert-alkyl or cyclic N) is 1. The maximum atomic E-state index is 14.6. The molecule has 0 heterocycles. The van der Waals surface area contributed by atoms with Crippen molar-refractivity contribution in [2.45, 2.75) is 46.3 Å². The van der Waals surface area contributed by atoms with E-state index in [1.807, 2.05) is 0 Å². The average molecular weight is 376 g/mol. The summed E-state index contributed by atoms with van der Waals surface area (Å²) < 4.78 is 19.9. The Morgan fingerprint density at radius 2 is 1.96 bits per heavy atom. The summed E-state index contributed by atoms with van der Waals surface area (Å²) in [6.07, 6.45) is -2.83. The molecule has 6 nitrogen and oxygen atoms in total. The van der Waals surface area contributed by atoms with Crippen LogP contribution < -0.4 is 4.74 Å². The van der Waals surface area contributed by atoms with Gasteiger partial charge in [0.15, 0.2) is 11.6 Å². The van der Waals surface area contributed by atoms with Gasteiger partial charge in [0, 0.05) is 5.54 Å². The van der Waals surface area contributed by atoms with Crippen molar-refractivity contribution in [3.05, 3.63) is 28.0 Å². The standard InChI is InChI=1S/C17H23ClFNO5/c1-6-25-15-10(9(2)21)7-11(18)14(19)13(15)12(22)8-20(16(23)24)17(3,4)5/h7,12,22H,6,8H2,1-5H3,(H,23,24). The number of Topliss-reactive ketones (excluding diaryl/α,β-unsaturated/α-hetero) is 1. The highest BCUT2D eigenvalue weighted by atomic mass is 35.5.